The van der Waals surface area contributed by atoms with Crippen LogP contribution >= 0.6 is 0 Å². The minimum atomic E-state index is -0.159. The molecule has 2 aromatic rings. The number of aromatic nitrogens is 2. The molecule has 0 bridgehead atoms. The van der Waals surface area contributed by atoms with E-state index in [1.54, 1.807) is 17.3 Å². The van der Waals surface area contributed by atoms with Gasteiger partial charge in [0.25, 0.3) is 0 Å². The van der Waals surface area contributed by atoms with Gasteiger partial charge in [-0.25, -0.2) is 9.97 Å². The fourth-order valence-corrected chi connectivity index (χ4v) is 2.44. The van der Waals surface area contributed by atoms with E-state index >= 15 is 0 Å². The smallest absolute Gasteiger partial charge is 0.229 e. The maximum atomic E-state index is 12.1. The number of amides is 1. The molecule has 1 aliphatic rings. The summed E-state index contributed by atoms with van der Waals surface area (Å²) >= 11 is 0. The number of hydrogen-bond donors (Lipinski definition) is 1. The van der Waals surface area contributed by atoms with E-state index in [1.807, 2.05) is 30.3 Å². The molecular weight excluding hydrogens is 278 g/mol. The highest BCUT2D eigenvalue weighted by molar-refractivity contribution is 5.92. The largest absolute Gasteiger partial charge is 0.323 e. The van der Waals surface area contributed by atoms with Crippen LogP contribution in [0.25, 0.3) is 11.4 Å². The van der Waals surface area contributed by atoms with E-state index in [1.165, 1.54) is 0 Å². The Morgan fingerprint density at radius 3 is 2.64 bits per heavy atom. The molecule has 1 aromatic carbocycles. The lowest BCUT2D eigenvalue weighted by Crippen LogP contribution is -2.25. The van der Waals surface area contributed by atoms with Gasteiger partial charge in [0.1, 0.15) is 0 Å². The molecule has 0 radical (unpaired) electrons. The third-order valence-corrected chi connectivity index (χ3v) is 3.65. The molecule has 0 saturated carbocycles. The minimum absolute atomic E-state index is 0.0891. The molecule has 2 heterocycles. The van der Waals surface area contributed by atoms with Gasteiger partial charge in [-0.2, -0.15) is 5.26 Å². The van der Waals surface area contributed by atoms with E-state index in [9.17, 15) is 4.79 Å². The average Bonchev–Trinajstić information content (AvgIpc) is 3.06. The molecule has 0 aliphatic carbocycles. The summed E-state index contributed by atoms with van der Waals surface area (Å²) in [5, 5.41) is 11.6. The summed E-state index contributed by atoms with van der Waals surface area (Å²) in [6.07, 6.45) is 5.97. The molecule has 1 N–H and O–H groups in total. The third kappa shape index (κ3) is 3.04. The Morgan fingerprint density at radius 1 is 1.27 bits per heavy atom. The Morgan fingerprint density at radius 2 is 2.00 bits per heavy atom. The lowest BCUT2D eigenvalue weighted by molar-refractivity contribution is -0.119. The molecule has 0 spiro atoms. The van der Waals surface area contributed by atoms with Crippen LogP contribution in [0.2, 0.25) is 0 Å². The third-order valence-electron chi connectivity index (χ3n) is 3.65. The van der Waals surface area contributed by atoms with E-state index in [0.717, 1.165) is 5.56 Å². The fourth-order valence-electron chi connectivity index (χ4n) is 2.44. The molecule has 1 aliphatic heterocycles. The second-order valence-corrected chi connectivity index (χ2v) is 5.18. The Bertz CT molecular complexity index is 693. The van der Waals surface area contributed by atoms with Gasteiger partial charge >= 0.3 is 0 Å². The SMILES string of the molecule is N#CN1CCC(C(=O)Nc2cnc(-c3ccccc3)nc2)C1. The van der Waals surface area contributed by atoms with Crippen molar-refractivity contribution in [3.8, 4) is 17.6 Å². The van der Waals surface area contributed by atoms with Crippen molar-refractivity contribution >= 4 is 11.6 Å². The topological polar surface area (TPSA) is 81.9 Å². The van der Waals surface area contributed by atoms with Crippen LogP contribution in [0, 0.1) is 17.4 Å². The Labute approximate surface area is 128 Å². The van der Waals surface area contributed by atoms with Gasteiger partial charge in [-0.3, -0.25) is 4.79 Å². The van der Waals surface area contributed by atoms with Crippen molar-refractivity contribution < 1.29 is 4.79 Å². The molecule has 6 nitrogen and oxygen atoms in total. The van der Waals surface area contributed by atoms with Crippen molar-refractivity contribution in [2.24, 2.45) is 5.92 Å². The summed E-state index contributed by atoms with van der Waals surface area (Å²) in [6, 6.07) is 9.65. The second-order valence-electron chi connectivity index (χ2n) is 5.18. The van der Waals surface area contributed by atoms with Gasteiger partial charge in [-0.15, -0.1) is 0 Å². The molecule has 110 valence electrons. The molecule has 1 aromatic heterocycles. The van der Waals surface area contributed by atoms with E-state index in [2.05, 4.69) is 21.5 Å². The second kappa shape index (κ2) is 6.22. The first-order valence-corrected chi connectivity index (χ1v) is 7.09. The predicted octanol–water partition coefficient (Wildman–Crippen LogP) is 1.89. The fraction of sp³-hybridized carbons (Fsp3) is 0.250. The number of rotatable bonds is 3. The van der Waals surface area contributed by atoms with Crippen molar-refractivity contribution in [2.45, 2.75) is 6.42 Å². The van der Waals surface area contributed by atoms with Gasteiger partial charge in [0, 0.05) is 18.7 Å². The van der Waals surface area contributed by atoms with Gasteiger partial charge in [0.15, 0.2) is 12.0 Å². The number of carbonyl (C=O) groups is 1. The van der Waals surface area contributed by atoms with Crippen molar-refractivity contribution in [2.75, 3.05) is 18.4 Å². The molecule has 6 heteroatoms. The zero-order chi connectivity index (χ0) is 15.4. The summed E-state index contributed by atoms with van der Waals surface area (Å²) in [7, 11) is 0. The number of carbonyl (C=O) groups excluding carboxylic acids is 1. The maximum Gasteiger partial charge on any atom is 0.229 e. The van der Waals surface area contributed by atoms with Crippen LogP contribution in [0.3, 0.4) is 0 Å². The van der Waals surface area contributed by atoms with Gasteiger partial charge in [0.2, 0.25) is 5.91 Å². The van der Waals surface area contributed by atoms with Crippen LogP contribution in [-0.4, -0.2) is 33.9 Å². The normalized spacial score (nSPS) is 17.0. The van der Waals surface area contributed by atoms with Crippen LogP contribution in [0.5, 0.6) is 0 Å². The Kier molecular flexibility index (Phi) is 3.97. The zero-order valence-corrected chi connectivity index (χ0v) is 11.9. The number of nitriles is 1. The first kappa shape index (κ1) is 14.0. The predicted molar refractivity (Wildman–Crippen MR) is 81.4 cm³/mol. The number of hydrogen-bond acceptors (Lipinski definition) is 5. The summed E-state index contributed by atoms with van der Waals surface area (Å²) < 4.78 is 0. The average molecular weight is 293 g/mol. The number of benzene rings is 1. The molecule has 1 atom stereocenters. The van der Waals surface area contributed by atoms with Crippen LogP contribution < -0.4 is 5.32 Å². The number of likely N-dealkylation sites (tertiary alicyclic amines) is 1. The van der Waals surface area contributed by atoms with E-state index < -0.39 is 0 Å². The maximum absolute atomic E-state index is 12.1. The van der Waals surface area contributed by atoms with Crippen molar-refractivity contribution in [1.82, 2.24) is 14.9 Å². The standard InChI is InChI=1S/C16H15N5O/c17-11-21-7-6-13(10-21)16(22)20-14-8-18-15(19-9-14)12-4-2-1-3-5-12/h1-5,8-9,13H,6-7,10H2,(H,20,22). The quantitative estimate of drug-likeness (QED) is 0.874. The number of anilines is 1. The van der Waals surface area contributed by atoms with Crippen molar-refractivity contribution in [1.29, 1.82) is 5.26 Å². The highest BCUT2D eigenvalue weighted by Crippen LogP contribution is 2.18. The summed E-state index contributed by atoms with van der Waals surface area (Å²) in [5.74, 6) is 0.373. The summed E-state index contributed by atoms with van der Waals surface area (Å²) in [5.41, 5.74) is 1.50. The number of nitrogens with one attached hydrogen (secondary N) is 1. The van der Waals surface area contributed by atoms with E-state index in [-0.39, 0.29) is 11.8 Å². The lowest BCUT2D eigenvalue weighted by Gasteiger charge is -2.10. The van der Waals surface area contributed by atoms with Crippen LogP contribution in [0.4, 0.5) is 5.69 Å². The van der Waals surface area contributed by atoms with Gasteiger partial charge < -0.3 is 10.2 Å². The Balaban J connectivity index is 1.64. The molecule has 3 rings (SSSR count). The van der Waals surface area contributed by atoms with Crippen LogP contribution in [-0.2, 0) is 4.79 Å². The molecule has 22 heavy (non-hydrogen) atoms. The summed E-state index contributed by atoms with van der Waals surface area (Å²) in [4.78, 5) is 22.3. The molecule has 1 unspecified atom stereocenters. The van der Waals surface area contributed by atoms with Gasteiger partial charge in [-0.05, 0) is 6.42 Å². The van der Waals surface area contributed by atoms with E-state index in [4.69, 9.17) is 5.26 Å². The molecule has 1 amide bonds. The molecule has 1 fully saturated rings. The highest BCUT2D eigenvalue weighted by atomic mass is 16.1. The highest BCUT2D eigenvalue weighted by Gasteiger charge is 2.27. The van der Waals surface area contributed by atoms with Crippen LogP contribution in [0.1, 0.15) is 6.42 Å². The van der Waals surface area contributed by atoms with E-state index in [0.29, 0.717) is 31.0 Å². The molecular formula is C16H15N5O. The number of nitrogens with zero attached hydrogens (tertiary/aromatic N) is 4. The van der Waals surface area contributed by atoms with Crippen molar-refractivity contribution in [3.63, 3.8) is 0 Å². The van der Waals surface area contributed by atoms with Crippen molar-refractivity contribution in [3.05, 3.63) is 42.7 Å². The Hall–Kier alpha value is -2.94. The zero-order valence-electron chi connectivity index (χ0n) is 11.9. The monoisotopic (exact) mass is 293 g/mol. The first-order valence-electron chi connectivity index (χ1n) is 7.09. The van der Waals surface area contributed by atoms with Gasteiger partial charge in [0.05, 0.1) is 24.0 Å². The lowest BCUT2D eigenvalue weighted by atomic mass is 10.1. The van der Waals surface area contributed by atoms with Crippen LogP contribution in [0.15, 0.2) is 42.7 Å². The summed E-state index contributed by atoms with van der Waals surface area (Å²) in [6.45, 7) is 1.11. The minimum Gasteiger partial charge on any atom is -0.323 e. The first-order chi connectivity index (χ1) is 10.8. The molecule has 1 saturated heterocycles. The van der Waals surface area contributed by atoms with Gasteiger partial charge in [-0.1, -0.05) is 30.3 Å².